The Labute approximate surface area is 130 Å². The van der Waals surface area contributed by atoms with Crippen LogP contribution in [0.2, 0.25) is 0 Å². The Morgan fingerprint density at radius 1 is 1.27 bits per heavy atom. The van der Waals surface area contributed by atoms with Crippen molar-refractivity contribution in [3.8, 4) is 0 Å². The van der Waals surface area contributed by atoms with Crippen molar-refractivity contribution in [2.45, 2.75) is 25.3 Å². The zero-order valence-corrected chi connectivity index (χ0v) is 12.7. The molecule has 0 radical (unpaired) electrons. The van der Waals surface area contributed by atoms with E-state index in [4.69, 9.17) is 4.74 Å². The Morgan fingerprint density at radius 2 is 2.09 bits per heavy atom. The quantitative estimate of drug-likeness (QED) is 0.829. The molecule has 2 unspecified atom stereocenters. The molecule has 0 aliphatic carbocycles. The first kappa shape index (κ1) is 15.3. The van der Waals surface area contributed by atoms with Crippen molar-refractivity contribution >= 4 is 17.2 Å². The lowest BCUT2D eigenvalue weighted by Gasteiger charge is -2.37. The van der Waals surface area contributed by atoms with Crippen LogP contribution in [0.25, 0.3) is 0 Å². The second-order valence-electron chi connectivity index (χ2n) is 5.28. The molecule has 0 N–H and O–H groups in total. The maximum Gasteiger partial charge on any atom is 0.433 e. The lowest BCUT2D eigenvalue weighted by Crippen LogP contribution is -2.43. The van der Waals surface area contributed by atoms with Crippen LogP contribution in [0.3, 0.4) is 0 Å². The van der Waals surface area contributed by atoms with Crippen molar-refractivity contribution in [1.82, 2.24) is 4.98 Å². The average Bonchev–Trinajstić information content (AvgIpc) is 3.00. The standard InChI is InChI=1S/C15H15F3N2OS/c1-10-7-20(8-12(21-10)11-5-6-22-9-11)14-4-2-3-13(19-14)15(16,17)18/h2-6,9-10,12H,7-8H2,1H3. The molecule has 22 heavy (non-hydrogen) atoms. The van der Waals surface area contributed by atoms with Crippen LogP contribution >= 0.6 is 11.3 Å². The van der Waals surface area contributed by atoms with E-state index < -0.39 is 11.9 Å². The van der Waals surface area contributed by atoms with E-state index in [1.165, 1.54) is 6.07 Å². The minimum Gasteiger partial charge on any atom is -0.367 e. The van der Waals surface area contributed by atoms with Gasteiger partial charge in [-0.05, 0) is 41.4 Å². The summed E-state index contributed by atoms with van der Waals surface area (Å²) < 4.78 is 44.3. The van der Waals surface area contributed by atoms with Crippen molar-refractivity contribution in [1.29, 1.82) is 0 Å². The van der Waals surface area contributed by atoms with E-state index in [1.807, 2.05) is 28.7 Å². The number of morpholine rings is 1. The zero-order chi connectivity index (χ0) is 15.7. The number of ether oxygens (including phenoxy) is 1. The van der Waals surface area contributed by atoms with Gasteiger partial charge in [-0.1, -0.05) is 6.07 Å². The van der Waals surface area contributed by atoms with Gasteiger partial charge in [-0.25, -0.2) is 4.98 Å². The molecule has 1 aliphatic rings. The molecular formula is C15H15F3N2OS. The summed E-state index contributed by atoms with van der Waals surface area (Å²) in [5.41, 5.74) is 0.185. The predicted molar refractivity (Wildman–Crippen MR) is 79.1 cm³/mol. The first-order valence-electron chi connectivity index (χ1n) is 6.90. The fraction of sp³-hybridized carbons (Fsp3) is 0.400. The van der Waals surface area contributed by atoms with E-state index in [9.17, 15) is 13.2 Å². The highest BCUT2D eigenvalue weighted by molar-refractivity contribution is 7.07. The van der Waals surface area contributed by atoms with Crippen molar-refractivity contribution in [3.63, 3.8) is 0 Å². The van der Waals surface area contributed by atoms with E-state index >= 15 is 0 Å². The topological polar surface area (TPSA) is 25.4 Å². The van der Waals surface area contributed by atoms with Gasteiger partial charge >= 0.3 is 6.18 Å². The number of aromatic nitrogens is 1. The van der Waals surface area contributed by atoms with Crippen LogP contribution in [0, 0.1) is 0 Å². The number of anilines is 1. The van der Waals surface area contributed by atoms with Crippen LogP contribution < -0.4 is 4.90 Å². The van der Waals surface area contributed by atoms with Gasteiger partial charge < -0.3 is 9.64 Å². The van der Waals surface area contributed by atoms with Gasteiger partial charge in [0.15, 0.2) is 0 Å². The molecule has 3 heterocycles. The molecule has 7 heteroatoms. The van der Waals surface area contributed by atoms with Crippen LogP contribution in [0.5, 0.6) is 0 Å². The van der Waals surface area contributed by atoms with E-state index in [-0.39, 0.29) is 12.2 Å². The summed E-state index contributed by atoms with van der Waals surface area (Å²) in [5, 5.41) is 3.96. The molecule has 0 amide bonds. The average molecular weight is 328 g/mol. The number of rotatable bonds is 2. The summed E-state index contributed by atoms with van der Waals surface area (Å²) in [6.07, 6.45) is -4.65. The predicted octanol–water partition coefficient (Wildman–Crippen LogP) is 4.13. The number of pyridine rings is 1. The van der Waals surface area contributed by atoms with Gasteiger partial charge in [-0.15, -0.1) is 0 Å². The number of nitrogens with zero attached hydrogens (tertiary/aromatic N) is 2. The second-order valence-corrected chi connectivity index (χ2v) is 6.06. The highest BCUT2D eigenvalue weighted by Crippen LogP contribution is 2.32. The third-order valence-corrected chi connectivity index (χ3v) is 4.23. The fourth-order valence-corrected chi connectivity index (χ4v) is 3.24. The largest absolute Gasteiger partial charge is 0.433 e. The molecule has 118 valence electrons. The Hall–Kier alpha value is -1.60. The number of halogens is 3. The zero-order valence-electron chi connectivity index (χ0n) is 11.9. The summed E-state index contributed by atoms with van der Waals surface area (Å²) in [6, 6.07) is 5.97. The molecule has 0 spiro atoms. The summed E-state index contributed by atoms with van der Waals surface area (Å²) in [7, 11) is 0. The number of thiophene rings is 1. The Kier molecular flexibility index (Phi) is 4.10. The number of hydrogen-bond donors (Lipinski definition) is 0. The van der Waals surface area contributed by atoms with Crippen molar-refractivity contribution < 1.29 is 17.9 Å². The highest BCUT2D eigenvalue weighted by Gasteiger charge is 2.34. The van der Waals surface area contributed by atoms with E-state index in [2.05, 4.69) is 4.98 Å². The number of alkyl halides is 3. The van der Waals surface area contributed by atoms with Gasteiger partial charge in [0.1, 0.15) is 17.6 Å². The molecule has 0 bridgehead atoms. The molecule has 2 aromatic rings. The molecular weight excluding hydrogens is 313 g/mol. The third-order valence-electron chi connectivity index (χ3n) is 3.52. The summed E-state index contributed by atoms with van der Waals surface area (Å²) >= 11 is 1.57. The van der Waals surface area contributed by atoms with E-state index in [1.54, 1.807) is 17.4 Å². The Morgan fingerprint density at radius 3 is 2.77 bits per heavy atom. The summed E-state index contributed by atoms with van der Waals surface area (Å²) in [6.45, 7) is 2.93. The first-order chi connectivity index (χ1) is 10.4. The maximum atomic E-state index is 12.8. The van der Waals surface area contributed by atoms with E-state index in [0.29, 0.717) is 18.9 Å². The van der Waals surface area contributed by atoms with Crippen molar-refractivity contribution in [3.05, 3.63) is 46.3 Å². The molecule has 1 saturated heterocycles. The van der Waals surface area contributed by atoms with E-state index in [0.717, 1.165) is 11.6 Å². The molecule has 0 saturated carbocycles. The fourth-order valence-electron chi connectivity index (χ4n) is 2.54. The van der Waals surface area contributed by atoms with Gasteiger partial charge in [0.05, 0.1) is 6.10 Å². The molecule has 0 aromatic carbocycles. The lowest BCUT2D eigenvalue weighted by atomic mass is 10.1. The second kappa shape index (κ2) is 5.89. The monoisotopic (exact) mass is 328 g/mol. The van der Waals surface area contributed by atoms with Crippen LogP contribution in [0.15, 0.2) is 35.0 Å². The summed E-state index contributed by atoms with van der Waals surface area (Å²) in [5.74, 6) is 0.338. The molecule has 3 nitrogen and oxygen atoms in total. The first-order valence-corrected chi connectivity index (χ1v) is 7.84. The SMILES string of the molecule is CC1CN(c2cccc(C(F)(F)F)n2)CC(c2ccsc2)O1. The minimum absolute atomic E-state index is 0.0741. The van der Waals surface area contributed by atoms with Gasteiger partial charge in [0, 0.05) is 13.1 Å². The lowest BCUT2D eigenvalue weighted by molar-refractivity contribution is -0.141. The minimum atomic E-state index is -4.43. The Balaban J connectivity index is 1.85. The Bertz CT molecular complexity index is 630. The molecule has 1 fully saturated rings. The molecule has 1 aliphatic heterocycles. The number of hydrogen-bond acceptors (Lipinski definition) is 4. The molecule has 2 aromatic heterocycles. The van der Waals surface area contributed by atoms with Crippen molar-refractivity contribution in [2.75, 3.05) is 18.0 Å². The van der Waals surface area contributed by atoms with Gasteiger partial charge in [-0.2, -0.15) is 24.5 Å². The third kappa shape index (κ3) is 3.25. The van der Waals surface area contributed by atoms with Crippen LogP contribution in [-0.4, -0.2) is 24.2 Å². The normalized spacial score (nSPS) is 22.8. The molecule has 3 rings (SSSR count). The van der Waals surface area contributed by atoms with Crippen LogP contribution in [0.4, 0.5) is 19.0 Å². The maximum absolute atomic E-state index is 12.8. The van der Waals surface area contributed by atoms with Gasteiger partial charge in [0.2, 0.25) is 0 Å². The highest BCUT2D eigenvalue weighted by atomic mass is 32.1. The van der Waals surface area contributed by atoms with Crippen LogP contribution in [0.1, 0.15) is 24.3 Å². The summed E-state index contributed by atoms with van der Waals surface area (Å²) in [4.78, 5) is 5.62. The molecule has 2 atom stereocenters. The van der Waals surface area contributed by atoms with Crippen molar-refractivity contribution in [2.24, 2.45) is 0 Å². The van der Waals surface area contributed by atoms with Gasteiger partial charge in [-0.3, -0.25) is 0 Å². The van der Waals surface area contributed by atoms with Gasteiger partial charge in [0.25, 0.3) is 0 Å². The smallest absolute Gasteiger partial charge is 0.367 e. The van der Waals surface area contributed by atoms with Crippen LogP contribution in [-0.2, 0) is 10.9 Å².